The van der Waals surface area contributed by atoms with E-state index in [1.165, 1.54) is 0 Å². The molecule has 1 saturated heterocycles. The van der Waals surface area contributed by atoms with Gasteiger partial charge in [-0.15, -0.1) is 0 Å². The van der Waals surface area contributed by atoms with Gasteiger partial charge in [0.05, 0.1) is 6.61 Å². The minimum atomic E-state index is -5.20. The monoisotopic (exact) mass is 335 g/mol. The number of halogens is 4. The van der Waals surface area contributed by atoms with Crippen LogP contribution in [-0.2, 0) is 30.1 Å². The summed E-state index contributed by atoms with van der Waals surface area (Å²) in [5.41, 5.74) is 0. The fourth-order valence-corrected chi connectivity index (χ4v) is 1.86. The van der Waals surface area contributed by atoms with Crippen molar-refractivity contribution in [3.8, 4) is 0 Å². The highest BCUT2D eigenvalue weighted by atomic mass is 32.2. The van der Waals surface area contributed by atoms with Gasteiger partial charge in [-0.3, -0.25) is 9.00 Å². The molecule has 6 nitrogen and oxygen atoms in total. The van der Waals surface area contributed by atoms with Crippen LogP contribution in [0.25, 0.3) is 0 Å². The minimum absolute atomic E-state index is 0.0272. The predicted molar refractivity (Wildman–Crippen MR) is 58.1 cm³/mol. The summed E-state index contributed by atoms with van der Waals surface area (Å²) in [6, 6.07) is 0. The van der Waals surface area contributed by atoms with Crippen LogP contribution in [0.15, 0.2) is 0 Å². The molecular formula is C10H11F4O6S-. The number of carbonyl (C=O) groups excluding carboxylic acids is 2. The fraction of sp³-hybridized carbons (Fsp3) is 0.800. The molecule has 2 unspecified atom stereocenters. The number of alkyl halides is 4. The van der Waals surface area contributed by atoms with Gasteiger partial charge in [-0.25, -0.2) is 4.79 Å². The molecule has 0 saturated carbocycles. The maximum absolute atomic E-state index is 13.0. The highest BCUT2D eigenvalue weighted by molar-refractivity contribution is 7.80. The summed E-state index contributed by atoms with van der Waals surface area (Å²) in [5, 5.41) is -5.20. The van der Waals surface area contributed by atoms with Crippen molar-refractivity contribution in [3.63, 3.8) is 0 Å². The molecular weight excluding hydrogens is 324 g/mol. The molecule has 0 aromatic carbocycles. The third kappa shape index (κ3) is 4.37. The second kappa shape index (κ2) is 6.69. The first-order chi connectivity index (χ1) is 9.58. The zero-order valence-corrected chi connectivity index (χ0v) is 11.3. The Bertz CT molecular complexity index is 441. The van der Waals surface area contributed by atoms with E-state index in [-0.39, 0.29) is 12.8 Å². The van der Waals surface area contributed by atoms with Crippen LogP contribution in [-0.4, -0.2) is 44.6 Å². The van der Waals surface area contributed by atoms with E-state index in [9.17, 15) is 35.9 Å². The number of hydrogen-bond donors (Lipinski definition) is 0. The second-order valence-electron chi connectivity index (χ2n) is 4.24. The Hall–Kier alpha value is -1.23. The van der Waals surface area contributed by atoms with Crippen LogP contribution < -0.4 is 0 Å². The second-order valence-corrected chi connectivity index (χ2v) is 5.23. The van der Waals surface area contributed by atoms with E-state index in [1.54, 1.807) is 0 Å². The molecule has 1 heterocycles. The number of rotatable bonds is 7. The SMILES string of the molecule is O=C1CCC(C(=O)OCCCC(F)(F)C(F)(F)S(=O)[O-])O1. The van der Waals surface area contributed by atoms with Crippen molar-refractivity contribution in [3.05, 3.63) is 0 Å². The van der Waals surface area contributed by atoms with Crippen molar-refractivity contribution in [1.82, 2.24) is 0 Å². The minimum Gasteiger partial charge on any atom is -0.768 e. The quantitative estimate of drug-likeness (QED) is 0.300. The fourth-order valence-electron chi connectivity index (χ4n) is 1.52. The van der Waals surface area contributed by atoms with Gasteiger partial charge in [0.1, 0.15) is 0 Å². The van der Waals surface area contributed by atoms with Crippen LogP contribution in [0.5, 0.6) is 0 Å². The Morgan fingerprint density at radius 1 is 1.43 bits per heavy atom. The largest absolute Gasteiger partial charge is 0.768 e. The zero-order chi connectivity index (χ0) is 16.3. The van der Waals surface area contributed by atoms with Gasteiger partial charge in [0.15, 0.2) is 6.10 Å². The Balaban J connectivity index is 2.35. The van der Waals surface area contributed by atoms with E-state index < -0.39 is 59.7 Å². The first-order valence-electron chi connectivity index (χ1n) is 5.79. The molecule has 0 N–H and O–H groups in total. The van der Waals surface area contributed by atoms with Gasteiger partial charge in [-0.05, 0) is 6.42 Å². The number of esters is 2. The molecule has 122 valence electrons. The summed E-state index contributed by atoms with van der Waals surface area (Å²) in [4.78, 5) is 22.0. The summed E-state index contributed by atoms with van der Waals surface area (Å²) in [7, 11) is 0. The number of hydrogen-bond acceptors (Lipinski definition) is 6. The summed E-state index contributed by atoms with van der Waals surface area (Å²) < 4.78 is 80.4. The molecule has 0 aromatic rings. The van der Waals surface area contributed by atoms with E-state index in [0.717, 1.165) is 0 Å². The molecule has 0 spiro atoms. The van der Waals surface area contributed by atoms with Crippen molar-refractivity contribution in [2.45, 2.75) is 43.0 Å². The van der Waals surface area contributed by atoms with Crippen molar-refractivity contribution in [2.75, 3.05) is 6.61 Å². The molecule has 0 radical (unpaired) electrons. The van der Waals surface area contributed by atoms with Gasteiger partial charge in [-0.2, -0.15) is 17.6 Å². The number of ether oxygens (including phenoxy) is 2. The molecule has 11 heteroatoms. The maximum Gasteiger partial charge on any atom is 0.371 e. The summed E-state index contributed by atoms with van der Waals surface area (Å²) in [6.07, 6.45) is -3.15. The topological polar surface area (TPSA) is 92.7 Å². The van der Waals surface area contributed by atoms with Crippen LogP contribution in [0.2, 0.25) is 0 Å². The van der Waals surface area contributed by atoms with Crippen LogP contribution in [0.3, 0.4) is 0 Å². The predicted octanol–water partition coefficient (Wildman–Crippen LogP) is 1.12. The van der Waals surface area contributed by atoms with Crippen LogP contribution in [0.4, 0.5) is 17.6 Å². The smallest absolute Gasteiger partial charge is 0.371 e. The van der Waals surface area contributed by atoms with Crippen molar-refractivity contribution < 1.29 is 45.4 Å². The lowest BCUT2D eigenvalue weighted by Gasteiger charge is -2.27. The first kappa shape index (κ1) is 17.8. The van der Waals surface area contributed by atoms with Crippen molar-refractivity contribution >= 4 is 23.0 Å². The Morgan fingerprint density at radius 2 is 2.05 bits per heavy atom. The van der Waals surface area contributed by atoms with E-state index in [2.05, 4.69) is 9.47 Å². The van der Waals surface area contributed by atoms with Gasteiger partial charge in [-0.1, -0.05) is 0 Å². The Morgan fingerprint density at radius 3 is 2.52 bits per heavy atom. The zero-order valence-electron chi connectivity index (χ0n) is 10.5. The highest BCUT2D eigenvalue weighted by Gasteiger charge is 2.56. The average Bonchev–Trinajstić information content (AvgIpc) is 2.80. The van der Waals surface area contributed by atoms with Crippen LogP contribution in [0.1, 0.15) is 25.7 Å². The molecule has 0 amide bonds. The molecule has 2 atom stereocenters. The van der Waals surface area contributed by atoms with E-state index in [0.29, 0.717) is 0 Å². The summed E-state index contributed by atoms with van der Waals surface area (Å²) in [6.45, 7) is -0.621. The third-order valence-electron chi connectivity index (χ3n) is 2.66. The van der Waals surface area contributed by atoms with Gasteiger partial charge in [0.2, 0.25) is 0 Å². The molecule has 0 aromatic heterocycles. The highest BCUT2D eigenvalue weighted by Crippen LogP contribution is 2.39. The standard InChI is InChI=1S/C10H12F4O6S/c11-9(12,10(13,14)21(17)18)4-1-5-19-8(16)6-2-3-7(15)20-6/h6H,1-5H2,(H,17,18)/p-1. The summed E-state index contributed by atoms with van der Waals surface area (Å²) >= 11 is -4.26. The molecule has 21 heavy (non-hydrogen) atoms. The molecule has 0 bridgehead atoms. The third-order valence-corrected chi connectivity index (χ3v) is 3.38. The van der Waals surface area contributed by atoms with Crippen molar-refractivity contribution in [2.24, 2.45) is 0 Å². The van der Waals surface area contributed by atoms with Gasteiger partial charge in [0.25, 0.3) is 0 Å². The number of cyclic esters (lactones) is 1. The average molecular weight is 335 g/mol. The molecule has 1 rings (SSSR count). The lowest BCUT2D eigenvalue weighted by Crippen LogP contribution is -2.44. The Labute approximate surface area is 119 Å². The Kier molecular flexibility index (Phi) is 5.68. The number of carbonyl (C=O) groups is 2. The van der Waals surface area contributed by atoms with Gasteiger partial charge < -0.3 is 14.0 Å². The lowest BCUT2D eigenvalue weighted by atomic mass is 10.2. The maximum atomic E-state index is 13.0. The molecule has 0 aliphatic carbocycles. The van der Waals surface area contributed by atoms with Gasteiger partial charge >= 0.3 is 23.1 Å². The first-order valence-corrected chi connectivity index (χ1v) is 6.86. The van der Waals surface area contributed by atoms with E-state index in [1.807, 2.05) is 0 Å². The van der Waals surface area contributed by atoms with E-state index >= 15 is 0 Å². The lowest BCUT2D eigenvalue weighted by molar-refractivity contribution is -0.168. The van der Waals surface area contributed by atoms with Gasteiger partial charge in [0, 0.05) is 30.3 Å². The molecule has 1 fully saturated rings. The van der Waals surface area contributed by atoms with Crippen LogP contribution in [0, 0.1) is 0 Å². The van der Waals surface area contributed by atoms with E-state index in [4.69, 9.17) is 0 Å². The normalized spacial score (nSPS) is 21.0. The molecule has 1 aliphatic heterocycles. The van der Waals surface area contributed by atoms with Crippen molar-refractivity contribution in [1.29, 1.82) is 0 Å². The van der Waals surface area contributed by atoms with Crippen LogP contribution >= 0.6 is 0 Å². The summed E-state index contributed by atoms with van der Waals surface area (Å²) in [5.74, 6) is -6.32. The molecule has 1 aliphatic rings.